The molecule has 0 radical (unpaired) electrons. The molecule has 2 aromatic rings. The Bertz CT molecular complexity index is 1000. The lowest BCUT2D eigenvalue weighted by Crippen LogP contribution is -2.39. The number of carbonyl (C=O) groups excluding carboxylic acids is 1. The maximum absolute atomic E-state index is 12.5. The van der Waals surface area contributed by atoms with E-state index in [1.54, 1.807) is 0 Å². The summed E-state index contributed by atoms with van der Waals surface area (Å²) in [6.07, 6.45) is 2.22. The summed E-state index contributed by atoms with van der Waals surface area (Å²) in [7, 11) is -1.31. The van der Waals surface area contributed by atoms with Gasteiger partial charge in [-0.3, -0.25) is 4.79 Å². The number of benzene rings is 1. The van der Waals surface area contributed by atoms with Crippen molar-refractivity contribution in [2.24, 2.45) is 18.0 Å². The van der Waals surface area contributed by atoms with Crippen molar-refractivity contribution in [1.82, 2.24) is 8.87 Å². The van der Waals surface area contributed by atoms with E-state index in [0.717, 1.165) is 15.8 Å². The van der Waals surface area contributed by atoms with Crippen molar-refractivity contribution in [3.8, 4) is 0 Å². The van der Waals surface area contributed by atoms with Crippen LogP contribution in [0.1, 0.15) is 18.4 Å². The van der Waals surface area contributed by atoms with Crippen LogP contribution < -0.4 is 4.80 Å². The predicted molar refractivity (Wildman–Crippen MR) is 100 cm³/mol. The molecule has 0 spiro atoms. The highest BCUT2D eigenvalue weighted by Gasteiger charge is 2.28. The molecule has 25 heavy (non-hydrogen) atoms. The van der Waals surface area contributed by atoms with Gasteiger partial charge in [-0.2, -0.15) is 4.99 Å². The topological polar surface area (TPSA) is 71.7 Å². The fraction of sp³-hybridized carbons (Fsp3) is 0.500. The van der Waals surface area contributed by atoms with Crippen molar-refractivity contribution in [3.05, 3.63) is 27.5 Å². The Hall–Kier alpha value is -1.22. The minimum atomic E-state index is -3.19. The number of amides is 1. The van der Waals surface area contributed by atoms with E-state index in [4.69, 9.17) is 11.6 Å². The van der Waals surface area contributed by atoms with Crippen LogP contribution in [-0.2, 0) is 21.9 Å². The van der Waals surface area contributed by atoms with Gasteiger partial charge in [0.05, 0.1) is 16.5 Å². The van der Waals surface area contributed by atoms with Crippen LogP contribution in [0.25, 0.3) is 10.2 Å². The van der Waals surface area contributed by atoms with Crippen LogP contribution in [-0.4, -0.2) is 42.5 Å². The minimum Gasteiger partial charge on any atom is -0.319 e. The van der Waals surface area contributed by atoms with E-state index in [1.807, 2.05) is 30.7 Å². The molecule has 136 valence electrons. The van der Waals surface area contributed by atoms with Crippen molar-refractivity contribution in [1.29, 1.82) is 0 Å². The highest BCUT2D eigenvalue weighted by Crippen LogP contribution is 2.26. The molecule has 0 N–H and O–H groups in total. The van der Waals surface area contributed by atoms with Gasteiger partial charge in [-0.05, 0) is 37.5 Å². The van der Waals surface area contributed by atoms with Gasteiger partial charge in [0.1, 0.15) is 0 Å². The maximum Gasteiger partial charge on any atom is 0.251 e. The lowest BCUT2D eigenvalue weighted by atomic mass is 9.98. The van der Waals surface area contributed by atoms with E-state index in [-0.39, 0.29) is 11.8 Å². The van der Waals surface area contributed by atoms with Crippen molar-refractivity contribution < 1.29 is 13.2 Å². The monoisotopic (exact) mass is 401 g/mol. The molecular weight excluding hydrogens is 382 g/mol. The number of aromatic nitrogens is 1. The number of piperidine rings is 1. The molecule has 1 aromatic carbocycles. The lowest BCUT2D eigenvalue weighted by Gasteiger charge is -2.28. The van der Waals surface area contributed by atoms with Gasteiger partial charge in [-0.25, -0.2) is 12.7 Å². The molecule has 1 saturated heterocycles. The van der Waals surface area contributed by atoms with Gasteiger partial charge in [0, 0.05) is 31.1 Å². The summed E-state index contributed by atoms with van der Waals surface area (Å²) in [4.78, 5) is 17.5. The van der Waals surface area contributed by atoms with Crippen LogP contribution in [0.5, 0.6) is 0 Å². The molecule has 9 heteroatoms. The number of hydrogen-bond acceptors (Lipinski definition) is 4. The first-order valence-electron chi connectivity index (χ1n) is 7.97. The average molecular weight is 402 g/mol. The second-order valence-corrected chi connectivity index (χ2v) is 9.75. The number of sulfonamides is 1. The van der Waals surface area contributed by atoms with Crippen LogP contribution in [0.2, 0.25) is 5.02 Å². The highest BCUT2D eigenvalue weighted by molar-refractivity contribution is 7.88. The normalized spacial score (nSPS) is 18.2. The molecule has 0 unspecified atom stereocenters. The van der Waals surface area contributed by atoms with Gasteiger partial charge < -0.3 is 4.57 Å². The van der Waals surface area contributed by atoms with Crippen molar-refractivity contribution in [2.75, 3.05) is 19.3 Å². The molecule has 0 bridgehead atoms. The summed E-state index contributed by atoms with van der Waals surface area (Å²) in [5.74, 6) is -0.410. The number of nitrogens with zero attached hydrogens (tertiary/aromatic N) is 3. The summed E-state index contributed by atoms with van der Waals surface area (Å²) in [5.41, 5.74) is 1.95. The summed E-state index contributed by atoms with van der Waals surface area (Å²) in [5, 5.41) is 0.687. The smallest absolute Gasteiger partial charge is 0.251 e. The maximum atomic E-state index is 12.5. The molecule has 1 amide bonds. The number of aryl methyl sites for hydroxylation is 2. The Morgan fingerprint density at radius 3 is 2.56 bits per heavy atom. The standard InChI is InChI=1S/C16H20ClN3O3S2/c1-10-12(17)4-5-13-14(10)19(2)16(24-13)18-15(21)11-6-8-20(9-7-11)25(3,22)23/h4-5,11H,6-9H2,1-3H3. The Labute approximate surface area is 155 Å². The molecule has 3 rings (SSSR count). The Kier molecular flexibility index (Phi) is 5.07. The van der Waals surface area contributed by atoms with Crippen LogP contribution >= 0.6 is 22.9 Å². The van der Waals surface area contributed by atoms with Crippen molar-refractivity contribution in [2.45, 2.75) is 19.8 Å². The van der Waals surface area contributed by atoms with Gasteiger partial charge in [-0.15, -0.1) is 0 Å². The van der Waals surface area contributed by atoms with E-state index in [0.29, 0.717) is 35.8 Å². The molecule has 0 saturated carbocycles. The molecular formula is C16H20ClN3O3S2. The largest absolute Gasteiger partial charge is 0.319 e. The zero-order valence-electron chi connectivity index (χ0n) is 14.3. The summed E-state index contributed by atoms with van der Waals surface area (Å²) < 4.78 is 27.5. The molecule has 1 aliphatic heterocycles. The number of fused-ring (bicyclic) bond motifs is 1. The lowest BCUT2D eigenvalue weighted by molar-refractivity contribution is -0.122. The fourth-order valence-electron chi connectivity index (χ4n) is 3.13. The quantitative estimate of drug-likeness (QED) is 0.775. The Balaban J connectivity index is 1.87. The Morgan fingerprint density at radius 1 is 1.32 bits per heavy atom. The van der Waals surface area contributed by atoms with Crippen molar-refractivity contribution in [3.63, 3.8) is 0 Å². The van der Waals surface area contributed by atoms with Gasteiger partial charge in [0.25, 0.3) is 5.91 Å². The summed E-state index contributed by atoms with van der Waals surface area (Å²) in [6, 6.07) is 3.78. The second kappa shape index (κ2) is 6.83. The first kappa shape index (κ1) is 18.6. The molecule has 1 aliphatic rings. The predicted octanol–water partition coefficient (Wildman–Crippen LogP) is 2.30. The molecule has 0 aliphatic carbocycles. The van der Waals surface area contributed by atoms with E-state index in [9.17, 15) is 13.2 Å². The highest BCUT2D eigenvalue weighted by atomic mass is 35.5. The third-order valence-electron chi connectivity index (χ3n) is 4.63. The molecule has 1 fully saturated rings. The van der Waals surface area contributed by atoms with E-state index < -0.39 is 10.0 Å². The Morgan fingerprint density at radius 2 is 1.96 bits per heavy atom. The molecule has 1 aromatic heterocycles. The van der Waals surface area contributed by atoms with E-state index in [1.165, 1.54) is 21.9 Å². The van der Waals surface area contributed by atoms with Gasteiger partial charge in [0.2, 0.25) is 10.0 Å². The number of halogens is 1. The van der Waals surface area contributed by atoms with Crippen LogP contribution in [0.3, 0.4) is 0 Å². The number of hydrogen-bond donors (Lipinski definition) is 0. The van der Waals surface area contributed by atoms with E-state index in [2.05, 4.69) is 4.99 Å². The first-order valence-corrected chi connectivity index (χ1v) is 11.0. The van der Waals surface area contributed by atoms with Gasteiger partial charge >= 0.3 is 0 Å². The van der Waals surface area contributed by atoms with Crippen molar-refractivity contribution >= 4 is 49.1 Å². The molecule has 6 nitrogen and oxygen atoms in total. The van der Waals surface area contributed by atoms with Crippen LogP contribution in [0, 0.1) is 12.8 Å². The van der Waals surface area contributed by atoms with Gasteiger partial charge in [-0.1, -0.05) is 22.9 Å². The summed E-state index contributed by atoms with van der Waals surface area (Å²) >= 11 is 7.64. The SMILES string of the molecule is Cc1c(Cl)ccc2sc(=NC(=O)C3CCN(S(C)(=O)=O)CC3)n(C)c12. The number of carbonyl (C=O) groups is 1. The number of thiazole rings is 1. The number of rotatable bonds is 2. The molecule has 0 atom stereocenters. The third kappa shape index (κ3) is 3.67. The zero-order chi connectivity index (χ0) is 18.4. The van der Waals surface area contributed by atoms with Crippen LogP contribution in [0.4, 0.5) is 0 Å². The minimum absolute atomic E-state index is 0.181. The first-order chi connectivity index (χ1) is 11.7. The van der Waals surface area contributed by atoms with Crippen LogP contribution in [0.15, 0.2) is 17.1 Å². The fourth-order valence-corrected chi connectivity index (χ4v) is 5.24. The summed E-state index contributed by atoms with van der Waals surface area (Å²) in [6.45, 7) is 2.69. The zero-order valence-corrected chi connectivity index (χ0v) is 16.7. The third-order valence-corrected chi connectivity index (χ3v) is 7.44. The average Bonchev–Trinajstić information content (AvgIpc) is 2.87. The van der Waals surface area contributed by atoms with E-state index >= 15 is 0 Å². The van der Waals surface area contributed by atoms with Gasteiger partial charge in [0.15, 0.2) is 4.80 Å². The molecule has 2 heterocycles. The second-order valence-electron chi connectivity index (χ2n) is 6.35.